The third-order valence-electron chi connectivity index (χ3n) is 2.14. The van der Waals surface area contributed by atoms with Gasteiger partial charge in [-0.3, -0.25) is 0 Å². The first-order valence-electron chi connectivity index (χ1n) is 5.27. The average molecular weight is 186 g/mol. The standard InChI is InChI=1S/C11H24.Al.3H/c1-4-5-6-7-8-9-10-11(2)3;;;;/h11H,4-10H2,1-3H3;;;;. The van der Waals surface area contributed by atoms with E-state index in [2.05, 4.69) is 20.8 Å². The molecule has 0 saturated carbocycles. The predicted octanol–water partition coefficient (Wildman–Crippen LogP) is 3.21. The van der Waals surface area contributed by atoms with E-state index < -0.39 is 0 Å². The molecule has 0 nitrogen and oxygen atoms in total. The van der Waals surface area contributed by atoms with Crippen LogP contribution in [0.4, 0.5) is 0 Å². The monoisotopic (exact) mass is 186 g/mol. The van der Waals surface area contributed by atoms with Crippen LogP contribution < -0.4 is 0 Å². The second-order valence-electron chi connectivity index (χ2n) is 3.95. The molecule has 0 saturated heterocycles. The van der Waals surface area contributed by atoms with E-state index in [1.165, 1.54) is 44.9 Å². The normalized spacial score (nSPS) is 10.0. The molecule has 0 aromatic carbocycles. The fourth-order valence-electron chi connectivity index (χ4n) is 1.33. The highest BCUT2D eigenvalue weighted by atomic mass is 27.0. The van der Waals surface area contributed by atoms with Crippen LogP contribution in [0.25, 0.3) is 0 Å². The van der Waals surface area contributed by atoms with Gasteiger partial charge in [0.2, 0.25) is 0 Å². The zero-order valence-electron chi connectivity index (χ0n) is 8.53. The second-order valence-corrected chi connectivity index (χ2v) is 3.95. The molecule has 0 amide bonds. The van der Waals surface area contributed by atoms with Gasteiger partial charge in [0, 0.05) is 0 Å². The van der Waals surface area contributed by atoms with Crippen LogP contribution in [-0.2, 0) is 0 Å². The molecule has 0 spiro atoms. The number of hydrogen-bond acceptors (Lipinski definition) is 0. The lowest BCUT2D eigenvalue weighted by molar-refractivity contribution is 0.514. The molecule has 0 aliphatic carbocycles. The smallest absolute Gasteiger partial charge is 0.0654 e. The third kappa shape index (κ3) is 13.1. The fourth-order valence-corrected chi connectivity index (χ4v) is 1.33. The van der Waals surface area contributed by atoms with E-state index in [4.69, 9.17) is 0 Å². The molecule has 0 aromatic rings. The van der Waals surface area contributed by atoms with Gasteiger partial charge in [0.15, 0.2) is 17.4 Å². The summed E-state index contributed by atoms with van der Waals surface area (Å²) in [6.45, 7) is 6.90. The highest BCUT2D eigenvalue weighted by molar-refractivity contribution is 5.75. The molecule has 0 unspecified atom stereocenters. The van der Waals surface area contributed by atoms with Crippen molar-refractivity contribution in [1.82, 2.24) is 0 Å². The highest BCUT2D eigenvalue weighted by Gasteiger charge is 1.93. The Bertz CT molecular complexity index is 69.4. The van der Waals surface area contributed by atoms with Crippen molar-refractivity contribution in [3.05, 3.63) is 0 Å². The summed E-state index contributed by atoms with van der Waals surface area (Å²) in [5.41, 5.74) is 0. The van der Waals surface area contributed by atoms with Crippen LogP contribution in [0.1, 0.15) is 65.7 Å². The van der Waals surface area contributed by atoms with Crippen molar-refractivity contribution in [3.8, 4) is 0 Å². The number of unbranched alkanes of at least 4 members (excludes halogenated alkanes) is 5. The van der Waals surface area contributed by atoms with E-state index in [1.807, 2.05) is 0 Å². The minimum atomic E-state index is 0. The van der Waals surface area contributed by atoms with Crippen LogP contribution in [0.5, 0.6) is 0 Å². The van der Waals surface area contributed by atoms with Gasteiger partial charge < -0.3 is 0 Å². The molecule has 0 rings (SSSR count). The summed E-state index contributed by atoms with van der Waals surface area (Å²) in [5.74, 6) is 0.904. The van der Waals surface area contributed by atoms with E-state index in [-0.39, 0.29) is 17.4 Å². The fraction of sp³-hybridized carbons (Fsp3) is 1.00. The molecule has 0 radical (unpaired) electrons. The van der Waals surface area contributed by atoms with Crippen molar-refractivity contribution in [2.75, 3.05) is 0 Å². The van der Waals surface area contributed by atoms with Gasteiger partial charge >= 0.3 is 0 Å². The lowest BCUT2D eigenvalue weighted by Crippen LogP contribution is -1.86. The summed E-state index contributed by atoms with van der Waals surface area (Å²) < 4.78 is 0. The minimum Gasteiger partial charge on any atom is -0.0654 e. The number of rotatable bonds is 7. The summed E-state index contributed by atoms with van der Waals surface area (Å²) in [6.07, 6.45) is 10.0. The topological polar surface area (TPSA) is 0 Å². The summed E-state index contributed by atoms with van der Waals surface area (Å²) in [7, 11) is 0. The molecule has 74 valence electrons. The van der Waals surface area contributed by atoms with Gasteiger partial charge in [0.05, 0.1) is 0 Å². The first kappa shape index (κ1) is 15.0. The van der Waals surface area contributed by atoms with Gasteiger partial charge in [-0.05, 0) is 5.92 Å². The van der Waals surface area contributed by atoms with Crippen molar-refractivity contribution in [1.29, 1.82) is 0 Å². The summed E-state index contributed by atoms with van der Waals surface area (Å²) >= 11 is 0. The predicted molar refractivity (Wildman–Crippen MR) is 62.8 cm³/mol. The maximum absolute atomic E-state index is 2.31. The second kappa shape index (κ2) is 11.5. The van der Waals surface area contributed by atoms with Crippen LogP contribution in [0, 0.1) is 5.92 Å². The average Bonchev–Trinajstić information content (AvgIpc) is 1.96. The third-order valence-corrected chi connectivity index (χ3v) is 2.14. The van der Waals surface area contributed by atoms with E-state index in [0.29, 0.717) is 0 Å². The zero-order valence-corrected chi connectivity index (χ0v) is 8.53. The van der Waals surface area contributed by atoms with Crippen molar-refractivity contribution in [3.63, 3.8) is 0 Å². The van der Waals surface area contributed by atoms with E-state index in [9.17, 15) is 0 Å². The summed E-state index contributed by atoms with van der Waals surface area (Å²) in [4.78, 5) is 0. The number of hydrogen-bond donors (Lipinski definition) is 0. The lowest BCUT2D eigenvalue weighted by atomic mass is 10.0. The molecular weight excluding hydrogens is 159 g/mol. The maximum atomic E-state index is 2.31. The molecule has 0 atom stereocenters. The molecule has 1 heteroatoms. The Labute approximate surface area is 89.3 Å². The first-order valence-corrected chi connectivity index (χ1v) is 5.27. The molecule has 0 bridgehead atoms. The zero-order chi connectivity index (χ0) is 8.53. The Balaban J connectivity index is 0. The van der Waals surface area contributed by atoms with Crippen LogP contribution in [0.2, 0.25) is 0 Å². The Morgan fingerprint density at radius 3 is 1.83 bits per heavy atom. The molecule has 0 aliphatic rings. The van der Waals surface area contributed by atoms with E-state index >= 15 is 0 Å². The molecule has 0 heterocycles. The summed E-state index contributed by atoms with van der Waals surface area (Å²) in [5, 5.41) is 0. The highest BCUT2D eigenvalue weighted by Crippen LogP contribution is 2.10. The Morgan fingerprint density at radius 1 is 0.833 bits per heavy atom. The molecule has 0 fully saturated rings. The molecule has 0 aliphatic heterocycles. The van der Waals surface area contributed by atoms with Gasteiger partial charge in [0.25, 0.3) is 0 Å². The quantitative estimate of drug-likeness (QED) is 0.423. The minimum absolute atomic E-state index is 0. The first-order chi connectivity index (χ1) is 5.27. The molecule has 0 N–H and O–H groups in total. The Hall–Kier alpha value is 0.532. The van der Waals surface area contributed by atoms with Gasteiger partial charge in [-0.15, -0.1) is 0 Å². The van der Waals surface area contributed by atoms with Crippen LogP contribution in [-0.4, -0.2) is 17.4 Å². The summed E-state index contributed by atoms with van der Waals surface area (Å²) in [6, 6.07) is 0. The van der Waals surface area contributed by atoms with Crippen molar-refractivity contribution in [2.45, 2.75) is 65.7 Å². The Kier molecular flexibility index (Phi) is 14.4. The Morgan fingerprint density at radius 2 is 1.33 bits per heavy atom. The lowest BCUT2D eigenvalue weighted by Gasteiger charge is -2.03. The van der Waals surface area contributed by atoms with Crippen LogP contribution in [0.15, 0.2) is 0 Å². The van der Waals surface area contributed by atoms with Gasteiger partial charge in [-0.25, -0.2) is 0 Å². The van der Waals surface area contributed by atoms with Crippen LogP contribution in [0.3, 0.4) is 0 Å². The molecular formula is C11H27Al. The van der Waals surface area contributed by atoms with Crippen molar-refractivity contribution in [2.24, 2.45) is 5.92 Å². The van der Waals surface area contributed by atoms with Crippen LogP contribution >= 0.6 is 0 Å². The van der Waals surface area contributed by atoms with Gasteiger partial charge in [-0.2, -0.15) is 0 Å². The largest absolute Gasteiger partial charge is 0.187 e. The van der Waals surface area contributed by atoms with Crippen molar-refractivity contribution < 1.29 is 0 Å². The molecule has 0 aromatic heterocycles. The van der Waals surface area contributed by atoms with Crippen molar-refractivity contribution >= 4 is 17.4 Å². The van der Waals surface area contributed by atoms with E-state index in [1.54, 1.807) is 0 Å². The van der Waals surface area contributed by atoms with E-state index in [0.717, 1.165) is 5.92 Å². The van der Waals surface area contributed by atoms with Gasteiger partial charge in [-0.1, -0.05) is 65.7 Å². The maximum Gasteiger partial charge on any atom is 0.187 e. The van der Waals surface area contributed by atoms with Gasteiger partial charge in [0.1, 0.15) is 0 Å². The molecule has 12 heavy (non-hydrogen) atoms. The SMILES string of the molecule is CCCCCCCCC(C)C.[AlH3].